The minimum atomic E-state index is -2.94. The minimum absolute atomic E-state index is 0.288. The molecule has 0 atom stereocenters. The minimum Gasteiger partial charge on any atom is -0.212 e. The van der Waals surface area contributed by atoms with Crippen LogP contribution in [0.25, 0.3) is 0 Å². The normalized spacial score (nSPS) is 20.8. The van der Waals surface area contributed by atoms with Crippen LogP contribution in [0.15, 0.2) is 0 Å². The van der Waals surface area contributed by atoms with E-state index in [0.717, 1.165) is 25.7 Å². The van der Waals surface area contributed by atoms with E-state index >= 15 is 0 Å². The summed E-state index contributed by atoms with van der Waals surface area (Å²) in [6, 6.07) is 2.25. The number of sulfonamides is 1. The standard InChI is InChI=1S/C11H20N2O2S/c1-11(2,10-12)6-3-4-7-13-8-5-9-16(13,14)15/h3-9H2,1-2H3. The maximum absolute atomic E-state index is 11.5. The van der Waals surface area contributed by atoms with Crippen molar-refractivity contribution in [2.75, 3.05) is 18.8 Å². The summed E-state index contributed by atoms with van der Waals surface area (Å²) in [4.78, 5) is 0. The van der Waals surface area contributed by atoms with Gasteiger partial charge in [-0.2, -0.15) is 5.26 Å². The van der Waals surface area contributed by atoms with Crippen molar-refractivity contribution in [3.8, 4) is 6.07 Å². The van der Waals surface area contributed by atoms with Gasteiger partial charge in [-0.25, -0.2) is 12.7 Å². The lowest BCUT2D eigenvalue weighted by Gasteiger charge is -2.17. The molecule has 0 bridgehead atoms. The van der Waals surface area contributed by atoms with Crippen LogP contribution in [0.1, 0.15) is 39.5 Å². The fourth-order valence-corrected chi connectivity index (χ4v) is 3.42. The van der Waals surface area contributed by atoms with E-state index in [1.54, 1.807) is 4.31 Å². The summed E-state index contributed by atoms with van der Waals surface area (Å²) in [6.07, 6.45) is 3.35. The largest absolute Gasteiger partial charge is 0.214 e. The van der Waals surface area contributed by atoms with Gasteiger partial charge in [0.1, 0.15) is 0 Å². The van der Waals surface area contributed by atoms with E-state index in [4.69, 9.17) is 5.26 Å². The molecule has 0 radical (unpaired) electrons. The van der Waals surface area contributed by atoms with Gasteiger partial charge in [-0.15, -0.1) is 0 Å². The van der Waals surface area contributed by atoms with Crippen LogP contribution >= 0.6 is 0 Å². The molecule has 1 saturated heterocycles. The summed E-state index contributed by atoms with van der Waals surface area (Å²) in [5, 5.41) is 8.83. The third-order valence-electron chi connectivity index (χ3n) is 2.97. The zero-order chi connectivity index (χ0) is 12.2. The number of nitriles is 1. The van der Waals surface area contributed by atoms with Crippen molar-refractivity contribution in [2.24, 2.45) is 5.41 Å². The van der Waals surface area contributed by atoms with Crippen LogP contribution < -0.4 is 0 Å². The first-order valence-electron chi connectivity index (χ1n) is 5.76. The highest BCUT2D eigenvalue weighted by Gasteiger charge is 2.27. The van der Waals surface area contributed by atoms with Gasteiger partial charge in [0.05, 0.1) is 17.2 Å². The quantitative estimate of drug-likeness (QED) is 0.692. The highest BCUT2D eigenvalue weighted by Crippen LogP contribution is 2.22. The molecule has 0 spiro atoms. The van der Waals surface area contributed by atoms with E-state index in [-0.39, 0.29) is 5.41 Å². The molecule has 0 aliphatic carbocycles. The first-order chi connectivity index (χ1) is 7.37. The smallest absolute Gasteiger partial charge is 0.212 e. The van der Waals surface area contributed by atoms with Crippen LogP contribution in [0, 0.1) is 16.7 Å². The topological polar surface area (TPSA) is 61.2 Å². The van der Waals surface area contributed by atoms with Gasteiger partial charge in [0.2, 0.25) is 10.0 Å². The van der Waals surface area contributed by atoms with Crippen molar-refractivity contribution in [1.82, 2.24) is 4.31 Å². The molecule has 0 amide bonds. The van der Waals surface area contributed by atoms with Crippen molar-refractivity contribution >= 4 is 10.0 Å². The van der Waals surface area contributed by atoms with Crippen LogP contribution in [0.4, 0.5) is 0 Å². The average Bonchev–Trinajstić information content (AvgIpc) is 2.53. The summed E-state index contributed by atoms with van der Waals surface area (Å²) in [7, 11) is -2.94. The molecule has 4 nitrogen and oxygen atoms in total. The third kappa shape index (κ3) is 3.76. The molecule has 0 N–H and O–H groups in total. The fraction of sp³-hybridized carbons (Fsp3) is 0.909. The average molecular weight is 244 g/mol. The van der Waals surface area contributed by atoms with Gasteiger partial charge in [0.15, 0.2) is 0 Å². The van der Waals surface area contributed by atoms with Crippen LogP contribution in [-0.4, -0.2) is 31.6 Å². The van der Waals surface area contributed by atoms with Gasteiger partial charge < -0.3 is 0 Å². The van der Waals surface area contributed by atoms with Crippen molar-refractivity contribution < 1.29 is 8.42 Å². The zero-order valence-corrected chi connectivity index (χ0v) is 10.9. The second kappa shape index (κ2) is 5.15. The Morgan fingerprint density at radius 3 is 2.56 bits per heavy atom. The van der Waals surface area contributed by atoms with E-state index in [2.05, 4.69) is 6.07 Å². The predicted octanol–water partition coefficient (Wildman–Crippen LogP) is 1.74. The van der Waals surface area contributed by atoms with Gasteiger partial charge >= 0.3 is 0 Å². The van der Waals surface area contributed by atoms with Gasteiger partial charge in [0, 0.05) is 13.1 Å². The predicted molar refractivity (Wildman–Crippen MR) is 63.2 cm³/mol. The summed E-state index contributed by atoms with van der Waals surface area (Å²) in [6.45, 7) is 5.12. The maximum Gasteiger partial charge on any atom is 0.214 e. The summed E-state index contributed by atoms with van der Waals surface area (Å²) < 4.78 is 24.5. The fourth-order valence-electron chi connectivity index (χ4n) is 1.85. The van der Waals surface area contributed by atoms with Crippen LogP contribution in [0.2, 0.25) is 0 Å². The lowest BCUT2D eigenvalue weighted by molar-refractivity contribution is 0.387. The molecule has 1 rings (SSSR count). The molecule has 0 saturated carbocycles. The highest BCUT2D eigenvalue weighted by atomic mass is 32.2. The Kier molecular flexibility index (Phi) is 4.34. The molecule has 1 fully saturated rings. The summed E-state index contributed by atoms with van der Waals surface area (Å²) in [5.74, 6) is 0.302. The molecule has 92 valence electrons. The van der Waals surface area contributed by atoms with Gasteiger partial charge in [-0.1, -0.05) is 6.42 Å². The Balaban J connectivity index is 2.25. The molecule has 0 aromatic carbocycles. The molecule has 0 aromatic heterocycles. The van der Waals surface area contributed by atoms with Crippen molar-refractivity contribution in [2.45, 2.75) is 39.5 Å². The molecule has 5 heteroatoms. The third-order valence-corrected chi connectivity index (χ3v) is 4.92. The molecular weight excluding hydrogens is 224 g/mol. The van der Waals surface area contributed by atoms with Gasteiger partial charge in [0.25, 0.3) is 0 Å². The maximum atomic E-state index is 11.5. The Labute approximate surface area is 98.3 Å². The lowest BCUT2D eigenvalue weighted by atomic mass is 9.89. The molecule has 0 aromatic rings. The van der Waals surface area contributed by atoms with Crippen LogP contribution in [0.3, 0.4) is 0 Å². The van der Waals surface area contributed by atoms with Crippen molar-refractivity contribution in [1.29, 1.82) is 5.26 Å². The highest BCUT2D eigenvalue weighted by molar-refractivity contribution is 7.89. The summed E-state index contributed by atoms with van der Waals surface area (Å²) in [5.41, 5.74) is -0.288. The first kappa shape index (κ1) is 13.5. The van der Waals surface area contributed by atoms with Crippen molar-refractivity contribution in [3.05, 3.63) is 0 Å². The molecule has 16 heavy (non-hydrogen) atoms. The number of nitrogens with zero attached hydrogens (tertiary/aromatic N) is 2. The SMILES string of the molecule is CC(C)(C#N)CCCCN1CCCS1(=O)=O. The molecular formula is C11H20N2O2S. The number of unbranched alkanes of at least 4 members (excludes halogenated alkanes) is 1. The molecule has 0 unspecified atom stereocenters. The molecule has 1 aliphatic heterocycles. The second-order valence-electron chi connectivity index (χ2n) is 5.02. The first-order valence-corrected chi connectivity index (χ1v) is 7.37. The zero-order valence-electron chi connectivity index (χ0n) is 10.1. The van der Waals surface area contributed by atoms with Crippen LogP contribution in [0.5, 0.6) is 0 Å². The number of rotatable bonds is 5. The lowest BCUT2D eigenvalue weighted by Crippen LogP contribution is -2.26. The Morgan fingerprint density at radius 1 is 1.38 bits per heavy atom. The second-order valence-corrected chi connectivity index (χ2v) is 7.11. The van der Waals surface area contributed by atoms with E-state index in [1.165, 1.54) is 0 Å². The van der Waals surface area contributed by atoms with Crippen molar-refractivity contribution in [3.63, 3.8) is 0 Å². The summed E-state index contributed by atoms with van der Waals surface area (Å²) >= 11 is 0. The number of hydrogen-bond donors (Lipinski definition) is 0. The van der Waals surface area contributed by atoms with E-state index in [1.807, 2.05) is 13.8 Å². The Bertz CT molecular complexity index is 368. The van der Waals surface area contributed by atoms with Gasteiger partial charge in [-0.05, 0) is 33.1 Å². The van der Waals surface area contributed by atoms with E-state index in [9.17, 15) is 8.42 Å². The Hall–Kier alpha value is -0.600. The Morgan fingerprint density at radius 2 is 2.06 bits per heavy atom. The number of hydrogen-bond acceptors (Lipinski definition) is 3. The molecule has 1 aliphatic rings. The van der Waals surface area contributed by atoms with Crippen LogP contribution in [-0.2, 0) is 10.0 Å². The monoisotopic (exact) mass is 244 g/mol. The van der Waals surface area contributed by atoms with Gasteiger partial charge in [-0.3, -0.25) is 0 Å². The van der Waals surface area contributed by atoms with E-state index < -0.39 is 10.0 Å². The molecule has 1 heterocycles. The van der Waals surface area contributed by atoms with E-state index in [0.29, 0.717) is 18.8 Å².